The van der Waals surface area contributed by atoms with Crippen LogP contribution < -0.4 is 5.43 Å². The van der Waals surface area contributed by atoms with Crippen molar-refractivity contribution in [2.24, 2.45) is 5.10 Å². The van der Waals surface area contributed by atoms with Crippen molar-refractivity contribution in [3.8, 4) is 0 Å². The van der Waals surface area contributed by atoms with Crippen LogP contribution in [0.1, 0.15) is 5.56 Å². The van der Waals surface area contributed by atoms with Crippen molar-refractivity contribution >= 4 is 23.9 Å². The van der Waals surface area contributed by atoms with E-state index in [2.05, 4.69) is 15.4 Å². The summed E-state index contributed by atoms with van der Waals surface area (Å²) >= 11 is 1.94. The van der Waals surface area contributed by atoms with E-state index in [4.69, 9.17) is 0 Å². The Bertz CT molecular complexity index is 402. The molecule has 0 spiro atoms. The predicted octanol–water partition coefficient (Wildman–Crippen LogP) is 1.19. The lowest BCUT2D eigenvalue weighted by molar-refractivity contribution is -0.122. The van der Waals surface area contributed by atoms with Crippen molar-refractivity contribution in [2.45, 2.75) is 0 Å². The molecule has 1 aromatic carbocycles. The number of hydrogen-bond acceptors (Lipinski definition) is 4. The normalized spacial score (nSPS) is 16.9. The maximum absolute atomic E-state index is 11.6. The van der Waals surface area contributed by atoms with E-state index in [0.717, 1.165) is 30.2 Å². The molecule has 0 unspecified atom stereocenters. The number of thioether (sulfide) groups is 1. The average molecular weight is 263 g/mol. The van der Waals surface area contributed by atoms with Gasteiger partial charge in [0.2, 0.25) is 0 Å². The molecule has 96 valence electrons. The molecule has 0 aromatic heterocycles. The summed E-state index contributed by atoms with van der Waals surface area (Å²) in [5.74, 6) is 2.18. The first-order valence-corrected chi connectivity index (χ1v) is 7.17. The Morgan fingerprint density at radius 3 is 2.78 bits per heavy atom. The van der Waals surface area contributed by atoms with Gasteiger partial charge in [-0.25, -0.2) is 5.43 Å². The van der Waals surface area contributed by atoms with E-state index < -0.39 is 0 Å². The predicted molar refractivity (Wildman–Crippen MR) is 75.9 cm³/mol. The summed E-state index contributed by atoms with van der Waals surface area (Å²) in [4.78, 5) is 13.8. The van der Waals surface area contributed by atoms with Crippen LogP contribution in [0.15, 0.2) is 35.4 Å². The molecule has 1 heterocycles. The molecule has 1 aliphatic rings. The van der Waals surface area contributed by atoms with Crippen LogP contribution in [0.2, 0.25) is 0 Å². The van der Waals surface area contributed by atoms with Crippen LogP contribution in [0.3, 0.4) is 0 Å². The third kappa shape index (κ3) is 4.50. The highest BCUT2D eigenvalue weighted by atomic mass is 32.2. The SMILES string of the molecule is O=C(CN1CCSCC1)N/N=C/c1ccccc1. The zero-order valence-corrected chi connectivity index (χ0v) is 11.0. The first kappa shape index (κ1) is 13.1. The summed E-state index contributed by atoms with van der Waals surface area (Å²) in [6.07, 6.45) is 1.66. The molecule has 1 saturated heterocycles. The Hall–Kier alpha value is -1.33. The van der Waals surface area contributed by atoms with Crippen LogP contribution in [-0.2, 0) is 4.79 Å². The minimum atomic E-state index is -0.0471. The van der Waals surface area contributed by atoms with E-state index in [1.54, 1.807) is 6.21 Å². The van der Waals surface area contributed by atoms with Gasteiger partial charge in [0.1, 0.15) is 0 Å². The Labute approximate surface area is 111 Å². The van der Waals surface area contributed by atoms with Crippen LogP contribution in [0.5, 0.6) is 0 Å². The second-order valence-electron chi connectivity index (χ2n) is 4.09. The van der Waals surface area contributed by atoms with E-state index in [-0.39, 0.29) is 5.91 Å². The number of benzene rings is 1. The van der Waals surface area contributed by atoms with Crippen molar-refractivity contribution in [3.63, 3.8) is 0 Å². The molecule has 4 nitrogen and oxygen atoms in total. The lowest BCUT2D eigenvalue weighted by Gasteiger charge is -2.24. The van der Waals surface area contributed by atoms with Gasteiger partial charge in [0.15, 0.2) is 0 Å². The van der Waals surface area contributed by atoms with Crippen LogP contribution in [0.4, 0.5) is 0 Å². The molecule has 0 atom stereocenters. The van der Waals surface area contributed by atoms with E-state index in [0.29, 0.717) is 6.54 Å². The van der Waals surface area contributed by atoms with Crippen molar-refractivity contribution in [3.05, 3.63) is 35.9 Å². The summed E-state index contributed by atoms with van der Waals surface area (Å²) < 4.78 is 0. The van der Waals surface area contributed by atoms with E-state index in [1.165, 1.54) is 0 Å². The molecule has 1 aliphatic heterocycles. The molecule has 1 N–H and O–H groups in total. The summed E-state index contributed by atoms with van der Waals surface area (Å²) in [6.45, 7) is 2.41. The molecule has 0 aliphatic carbocycles. The quantitative estimate of drug-likeness (QED) is 0.655. The van der Waals surface area contributed by atoms with Crippen molar-refractivity contribution in [2.75, 3.05) is 31.1 Å². The van der Waals surface area contributed by atoms with Gasteiger partial charge in [-0.05, 0) is 5.56 Å². The third-order valence-corrected chi connectivity index (χ3v) is 3.62. The second-order valence-corrected chi connectivity index (χ2v) is 5.32. The zero-order chi connectivity index (χ0) is 12.6. The monoisotopic (exact) mass is 263 g/mol. The molecule has 1 aromatic rings. The summed E-state index contributed by atoms with van der Waals surface area (Å²) in [7, 11) is 0. The molecule has 1 fully saturated rings. The molecule has 0 bridgehead atoms. The molecule has 2 rings (SSSR count). The lowest BCUT2D eigenvalue weighted by Crippen LogP contribution is -2.40. The van der Waals surface area contributed by atoms with Crippen LogP contribution in [0.25, 0.3) is 0 Å². The average Bonchev–Trinajstić information content (AvgIpc) is 2.41. The minimum Gasteiger partial charge on any atom is -0.293 e. The molecular weight excluding hydrogens is 246 g/mol. The first-order chi connectivity index (χ1) is 8.84. The van der Waals surface area contributed by atoms with Gasteiger partial charge in [-0.15, -0.1) is 0 Å². The van der Waals surface area contributed by atoms with Crippen molar-refractivity contribution in [1.82, 2.24) is 10.3 Å². The molecule has 0 saturated carbocycles. The Kier molecular flexibility index (Phi) is 5.23. The highest BCUT2D eigenvalue weighted by Crippen LogP contribution is 2.08. The van der Waals surface area contributed by atoms with Gasteiger partial charge < -0.3 is 0 Å². The largest absolute Gasteiger partial charge is 0.293 e. The van der Waals surface area contributed by atoms with Crippen LogP contribution in [-0.4, -0.2) is 48.2 Å². The number of nitrogens with one attached hydrogen (secondary N) is 1. The fraction of sp³-hybridized carbons (Fsp3) is 0.385. The highest BCUT2D eigenvalue weighted by Gasteiger charge is 2.13. The fourth-order valence-corrected chi connectivity index (χ4v) is 2.69. The summed E-state index contributed by atoms with van der Waals surface area (Å²) in [5.41, 5.74) is 3.54. The number of hydrogen-bond donors (Lipinski definition) is 1. The Balaban J connectivity index is 1.72. The number of nitrogens with zero attached hydrogens (tertiary/aromatic N) is 2. The van der Waals surface area contributed by atoms with Crippen LogP contribution in [0, 0.1) is 0 Å². The Morgan fingerprint density at radius 1 is 1.33 bits per heavy atom. The van der Waals surface area contributed by atoms with E-state index >= 15 is 0 Å². The van der Waals surface area contributed by atoms with Gasteiger partial charge in [-0.1, -0.05) is 30.3 Å². The van der Waals surface area contributed by atoms with E-state index in [9.17, 15) is 4.79 Å². The third-order valence-electron chi connectivity index (χ3n) is 2.67. The first-order valence-electron chi connectivity index (χ1n) is 6.01. The van der Waals surface area contributed by atoms with Gasteiger partial charge >= 0.3 is 0 Å². The second kappa shape index (κ2) is 7.18. The topological polar surface area (TPSA) is 44.7 Å². The van der Waals surface area contributed by atoms with Gasteiger partial charge in [0, 0.05) is 24.6 Å². The van der Waals surface area contributed by atoms with Gasteiger partial charge in [-0.2, -0.15) is 16.9 Å². The standard InChI is InChI=1S/C13H17N3OS/c17-13(11-16-6-8-18-9-7-16)15-14-10-12-4-2-1-3-5-12/h1-5,10H,6-9,11H2,(H,15,17)/b14-10+. The van der Waals surface area contributed by atoms with Crippen molar-refractivity contribution < 1.29 is 4.79 Å². The fourth-order valence-electron chi connectivity index (χ4n) is 1.72. The number of amides is 1. The number of carbonyl (C=O) groups excluding carboxylic acids is 1. The van der Waals surface area contributed by atoms with Crippen molar-refractivity contribution in [1.29, 1.82) is 0 Å². The highest BCUT2D eigenvalue weighted by molar-refractivity contribution is 7.99. The lowest BCUT2D eigenvalue weighted by atomic mass is 10.2. The molecule has 5 heteroatoms. The smallest absolute Gasteiger partial charge is 0.254 e. The summed E-state index contributed by atoms with van der Waals surface area (Å²) in [5, 5.41) is 3.95. The Morgan fingerprint density at radius 2 is 2.06 bits per heavy atom. The molecule has 0 radical (unpaired) electrons. The summed E-state index contributed by atoms with van der Waals surface area (Å²) in [6, 6.07) is 9.71. The number of carbonyl (C=O) groups is 1. The maximum atomic E-state index is 11.6. The van der Waals surface area contributed by atoms with Crippen LogP contribution >= 0.6 is 11.8 Å². The van der Waals surface area contributed by atoms with Gasteiger partial charge in [0.25, 0.3) is 5.91 Å². The minimum absolute atomic E-state index is 0.0471. The zero-order valence-electron chi connectivity index (χ0n) is 10.2. The van der Waals surface area contributed by atoms with E-state index in [1.807, 2.05) is 42.1 Å². The van der Waals surface area contributed by atoms with Gasteiger partial charge in [-0.3, -0.25) is 9.69 Å². The number of hydrazone groups is 1. The maximum Gasteiger partial charge on any atom is 0.254 e. The molecular formula is C13H17N3OS. The molecule has 18 heavy (non-hydrogen) atoms. The molecule has 1 amide bonds. The number of rotatable bonds is 4. The van der Waals surface area contributed by atoms with Gasteiger partial charge in [0.05, 0.1) is 12.8 Å².